The molecule has 1 unspecified atom stereocenters. The summed E-state index contributed by atoms with van der Waals surface area (Å²) in [5, 5.41) is 14.6. The Morgan fingerprint density at radius 3 is 2.42 bits per heavy atom. The third-order valence-corrected chi connectivity index (χ3v) is 6.16. The van der Waals surface area contributed by atoms with Crippen molar-refractivity contribution in [2.45, 2.75) is 44.3 Å². The number of aryl methyl sites for hydroxylation is 1. The lowest BCUT2D eigenvalue weighted by molar-refractivity contribution is -0.118. The first-order valence-corrected chi connectivity index (χ1v) is 11.6. The van der Waals surface area contributed by atoms with Gasteiger partial charge in [0.05, 0.1) is 0 Å². The van der Waals surface area contributed by atoms with Crippen LogP contribution in [0.3, 0.4) is 0 Å². The third kappa shape index (κ3) is 7.18. The van der Waals surface area contributed by atoms with E-state index in [1.54, 1.807) is 0 Å². The van der Waals surface area contributed by atoms with Crippen LogP contribution in [0.4, 0.5) is 10.8 Å². The molecule has 0 saturated carbocycles. The summed E-state index contributed by atoms with van der Waals surface area (Å²) in [5.41, 5.74) is 1.51. The smallest absolute Gasteiger partial charge is 0.244 e. The topological polar surface area (TPSA) is 84.0 Å². The Hall–Kier alpha value is -2.71. The lowest BCUT2D eigenvalue weighted by atomic mass is 9.92. The molecule has 1 aromatic heterocycles. The summed E-state index contributed by atoms with van der Waals surface area (Å²) in [5.74, 6) is -0.201. The molecule has 162 valence electrons. The van der Waals surface area contributed by atoms with Crippen LogP contribution in [0.2, 0.25) is 0 Å². The Bertz CT molecular complexity index is 1040. The predicted molar refractivity (Wildman–Crippen MR) is 127 cm³/mol. The van der Waals surface area contributed by atoms with E-state index in [2.05, 4.69) is 20.8 Å². The summed E-state index contributed by atoms with van der Waals surface area (Å²) in [4.78, 5) is 26.3. The number of nitrogens with one attached hydrogen (secondary N) is 2. The number of thioether (sulfide) groups is 1. The van der Waals surface area contributed by atoms with Gasteiger partial charge in [-0.25, -0.2) is 0 Å². The highest BCUT2D eigenvalue weighted by Gasteiger charge is 2.23. The molecule has 0 aliphatic carbocycles. The van der Waals surface area contributed by atoms with E-state index in [4.69, 9.17) is 0 Å². The van der Waals surface area contributed by atoms with Crippen LogP contribution >= 0.6 is 23.1 Å². The highest BCUT2D eigenvalue weighted by atomic mass is 32.2. The molecule has 0 spiro atoms. The van der Waals surface area contributed by atoms with Crippen molar-refractivity contribution in [1.29, 1.82) is 0 Å². The number of rotatable bonds is 7. The Morgan fingerprint density at radius 1 is 1.03 bits per heavy atom. The molecule has 31 heavy (non-hydrogen) atoms. The first-order valence-electron chi connectivity index (χ1n) is 9.92. The van der Waals surface area contributed by atoms with Gasteiger partial charge in [-0.2, -0.15) is 0 Å². The Kier molecular flexibility index (Phi) is 7.46. The van der Waals surface area contributed by atoms with Crippen LogP contribution in [0.5, 0.6) is 0 Å². The van der Waals surface area contributed by atoms with Crippen molar-refractivity contribution in [3.05, 3.63) is 65.2 Å². The molecule has 3 rings (SSSR count). The maximum atomic E-state index is 13.1. The molecule has 2 aromatic carbocycles. The van der Waals surface area contributed by atoms with Gasteiger partial charge in [0.25, 0.3) is 0 Å². The lowest BCUT2D eigenvalue weighted by Crippen LogP contribution is -2.20. The van der Waals surface area contributed by atoms with Crippen LogP contribution in [0, 0.1) is 12.3 Å². The van der Waals surface area contributed by atoms with Crippen LogP contribution in [0.15, 0.2) is 59.5 Å². The maximum Gasteiger partial charge on any atom is 0.244 e. The Labute approximate surface area is 190 Å². The van der Waals surface area contributed by atoms with Gasteiger partial charge in [-0.1, -0.05) is 68.5 Å². The predicted octanol–water partition coefficient (Wildman–Crippen LogP) is 5.69. The first-order chi connectivity index (χ1) is 14.7. The summed E-state index contributed by atoms with van der Waals surface area (Å²) in [6.07, 6.45) is 0.431. The largest absolute Gasteiger partial charge is 0.326 e. The van der Waals surface area contributed by atoms with Crippen LogP contribution in [-0.4, -0.2) is 22.0 Å². The van der Waals surface area contributed by atoms with Gasteiger partial charge < -0.3 is 5.32 Å². The standard InChI is InChI=1S/C23H26N4O2S2/c1-15-26-27-22(30-15)25-21(29)20(16-9-6-5-7-10-16)31-18-12-8-11-17(13-18)24-19(28)14-23(2,3)4/h5-13,20H,14H2,1-4H3,(H,24,28)(H,25,27,29). The molecule has 0 saturated heterocycles. The van der Waals surface area contributed by atoms with Crippen molar-refractivity contribution in [2.24, 2.45) is 5.41 Å². The normalized spacial score (nSPS) is 12.3. The van der Waals surface area contributed by atoms with E-state index in [9.17, 15) is 9.59 Å². The lowest BCUT2D eigenvalue weighted by Gasteiger charge is -2.18. The summed E-state index contributed by atoms with van der Waals surface area (Å²) >= 11 is 2.76. The van der Waals surface area contributed by atoms with Crippen molar-refractivity contribution in [2.75, 3.05) is 10.6 Å². The van der Waals surface area contributed by atoms with Gasteiger partial charge >= 0.3 is 0 Å². The zero-order valence-corrected chi connectivity index (χ0v) is 19.6. The fraction of sp³-hybridized carbons (Fsp3) is 0.304. The van der Waals surface area contributed by atoms with E-state index >= 15 is 0 Å². The van der Waals surface area contributed by atoms with Crippen molar-refractivity contribution in [3.63, 3.8) is 0 Å². The average Bonchev–Trinajstić information content (AvgIpc) is 3.10. The molecule has 0 fully saturated rings. The van der Waals surface area contributed by atoms with E-state index in [0.29, 0.717) is 17.2 Å². The van der Waals surface area contributed by atoms with Crippen molar-refractivity contribution in [1.82, 2.24) is 10.2 Å². The Morgan fingerprint density at radius 2 is 1.77 bits per heavy atom. The second kappa shape index (κ2) is 10.1. The molecule has 2 amide bonds. The van der Waals surface area contributed by atoms with Gasteiger partial charge in [0.2, 0.25) is 16.9 Å². The number of hydrogen-bond donors (Lipinski definition) is 2. The summed E-state index contributed by atoms with van der Waals surface area (Å²) in [6.45, 7) is 7.93. The molecule has 0 aliphatic rings. The minimum absolute atomic E-state index is 0.0290. The van der Waals surface area contributed by atoms with E-state index in [1.807, 2.05) is 82.3 Å². The van der Waals surface area contributed by atoms with Gasteiger partial charge in [0.15, 0.2) is 0 Å². The molecule has 3 aromatic rings. The number of aromatic nitrogens is 2. The molecule has 1 heterocycles. The fourth-order valence-electron chi connectivity index (χ4n) is 2.89. The summed E-state index contributed by atoms with van der Waals surface area (Å²) in [6, 6.07) is 17.2. The zero-order chi connectivity index (χ0) is 22.4. The molecular weight excluding hydrogens is 428 g/mol. The molecule has 8 heteroatoms. The maximum absolute atomic E-state index is 13.1. The average molecular weight is 455 g/mol. The molecule has 0 bridgehead atoms. The number of amides is 2. The van der Waals surface area contributed by atoms with Crippen LogP contribution < -0.4 is 10.6 Å². The van der Waals surface area contributed by atoms with E-state index < -0.39 is 5.25 Å². The molecular formula is C23H26N4O2S2. The number of carbonyl (C=O) groups excluding carboxylic acids is 2. The quantitative estimate of drug-likeness (QED) is 0.448. The molecule has 2 N–H and O–H groups in total. The molecule has 1 atom stereocenters. The van der Waals surface area contributed by atoms with Crippen molar-refractivity contribution >= 4 is 45.7 Å². The first kappa shape index (κ1) is 23.0. The van der Waals surface area contributed by atoms with E-state index in [0.717, 1.165) is 15.5 Å². The Balaban J connectivity index is 1.78. The summed E-state index contributed by atoms with van der Waals surface area (Å²) < 4.78 is 0. The number of anilines is 2. The van der Waals surface area contributed by atoms with E-state index in [-0.39, 0.29) is 17.2 Å². The van der Waals surface area contributed by atoms with Gasteiger partial charge in [0.1, 0.15) is 10.3 Å². The van der Waals surface area contributed by atoms with Crippen molar-refractivity contribution in [3.8, 4) is 0 Å². The third-order valence-electron chi connectivity index (χ3n) is 4.16. The highest BCUT2D eigenvalue weighted by Crippen LogP contribution is 2.37. The second-order valence-electron chi connectivity index (χ2n) is 8.34. The van der Waals surface area contributed by atoms with Crippen LogP contribution in [0.25, 0.3) is 0 Å². The second-order valence-corrected chi connectivity index (χ2v) is 10.7. The van der Waals surface area contributed by atoms with Crippen LogP contribution in [0.1, 0.15) is 43.0 Å². The zero-order valence-electron chi connectivity index (χ0n) is 18.0. The van der Waals surface area contributed by atoms with Gasteiger partial charge in [-0.3, -0.25) is 14.9 Å². The summed E-state index contributed by atoms with van der Waals surface area (Å²) in [7, 11) is 0. The highest BCUT2D eigenvalue weighted by molar-refractivity contribution is 8.00. The van der Waals surface area contributed by atoms with Gasteiger partial charge in [-0.15, -0.1) is 22.0 Å². The number of hydrogen-bond acceptors (Lipinski definition) is 6. The molecule has 0 radical (unpaired) electrons. The number of carbonyl (C=O) groups is 2. The minimum Gasteiger partial charge on any atom is -0.326 e. The number of nitrogens with zero attached hydrogens (tertiary/aromatic N) is 2. The number of benzene rings is 2. The van der Waals surface area contributed by atoms with Crippen molar-refractivity contribution < 1.29 is 9.59 Å². The van der Waals surface area contributed by atoms with Gasteiger partial charge in [0, 0.05) is 17.0 Å². The van der Waals surface area contributed by atoms with Gasteiger partial charge in [-0.05, 0) is 36.1 Å². The monoisotopic (exact) mass is 454 g/mol. The SMILES string of the molecule is Cc1nnc(NC(=O)C(Sc2cccc(NC(=O)CC(C)(C)C)c2)c2ccccc2)s1. The van der Waals surface area contributed by atoms with Crippen LogP contribution in [-0.2, 0) is 9.59 Å². The molecule has 6 nitrogen and oxygen atoms in total. The minimum atomic E-state index is -0.481. The fourth-order valence-corrected chi connectivity index (χ4v) is 4.57. The molecule has 0 aliphatic heterocycles. The van der Waals surface area contributed by atoms with E-state index in [1.165, 1.54) is 23.1 Å².